The second kappa shape index (κ2) is 5.91. The second-order valence-corrected chi connectivity index (χ2v) is 5.14. The van der Waals surface area contributed by atoms with E-state index in [1.807, 2.05) is 13.0 Å². The van der Waals surface area contributed by atoms with Gasteiger partial charge in [-0.25, -0.2) is 0 Å². The summed E-state index contributed by atoms with van der Waals surface area (Å²) in [6.45, 7) is 1.86. The molecule has 1 fully saturated rings. The molecule has 5 heteroatoms. The molecule has 104 valence electrons. The zero-order chi connectivity index (χ0) is 13.8. The van der Waals surface area contributed by atoms with Gasteiger partial charge in [0.2, 0.25) is 5.91 Å². The van der Waals surface area contributed by atoms with E-state index in [2.05, 4.69) is 5.32 Å². The van der Waals surface area contributed by atoms with Crippen molar-refractivity contribution in [3.8, 4) is 0 Å². The minimum absolute atomic E-state index is 0.0742. The van der Waals surface area contributed by atoms with Crippen LogP contribution in [0.15, 0.2) is 22.8 Å². The van der Waals surface area contributed by atoms with Gasteiger partial charge in [0, 0.05) is 5.92 Å². The lowest BCUT2D eigenvalue weighted by Crippen LogP contribution is -2.36. The number of carboxylic acids is 1. The van der Waals surface area contributed by atoms with Crippen molar-refractivity contribution in [3.05, 3.63) is 24.2 Å². The van der Waals surface area contributed by atoms with Gasteiger partial charge in [-0.3, -0.25) is 9.59 Å². The summed E-state index contributed by atoms with van der Waals surface area (Å²) in [5.74, 6) is -0.749. The van der Waals surface area contributed by atoms with Crippen molar-refractivity contribution in [2.24, 2.45) is 11.8 Å². The monoisotopic (exact) mass is 265 g/mol. The van der Waals surface area contributed by atoms with Gasteiger partial charge in [0.15, 0.2) is 0 Å². The minimum atomic E-state index is -0.795. The first kappa shape index (κ1) is 13.6. The highest BCUT2D eigenvalue weighted by atomic mass is 16.4. The van der Waals surface area contributed by atoms with Crippen LogP contribution in [0.2, 0.25) is 0 Å². The number of hydrogen-bond donors (Lipinski definition) is 2. The topological polar surface area (TPSA) is 79.5 Å². The third kappa shape index (κ3) is 3.36. The number of nitrogens with one attached hydrogen (secondary N) is 1. The van der Waals surface area contributed by atoms with E-state index in [-0.39, 0.29) is 23.8 Å². The molecule has 0 saturated heterocycles. The number of carboxylic acid groups (broad SMARTS) is 1. The first-order valence-corrected chi connectivity index (χ1v) is 6.64. The van der Waals surface area contributed by atoms with Crippen molar-refractivity contribution in [2.75, 3.05) is 0 Å². The zero-order valence-corrected chi connectivity index (χ0v) is 11.0. The molecule has 1 saturated carbocycles. The van der Waals surface area contributed by atoms with Gasteiger partial charge in [-0.15, -0.1) is 0 Å². The van der Waals surface area contributed by atoms with Crippen molar-refractivity contribution in [1.29, 1.82) is 0 Å². The van der Waals surface area contributed by atoms with Crippen LogP contribution in [0.4, 0.5) is 0 Å². The molecule has 2 N–H and O–H groups in total. The van der Waals surface area contributed by atoms with Gasteiger partial charge in [-0.05, 0) is 38.3 Å². The predicted molar refractivity (Wildman–Crippen MR) is 68.3 cm³/mol. The highest BCUT2D eigenvalue weighted by Crippen LogP contribution is 2.29. The van der Waals surface area contributed by atoms with Crippen molar-refractivity contribution < 1.29 is 19.1 Å². The van der Waals surface area contributed by atoms with E-state index in [0.717, 1.165) is 12.8 Å². The molecule has 0 bridgehead atoms. The molecule has 0 unspecified atom stereocenters. The smallest absolute Gasteiger partial charge is 0.306 e. The van der Waals surface area contributed by atoms with Crippen LogP contribution in [-0.2, 0) is 9.59 Å². The maximum Gasteiger partial charge on any atom is 0.306 e. The molecule has 3 atom stereocenters. The molecule has 0 spiro atoms. The molecular weight excluding hydrogens is 246 g/mol. The van der Waals surface area contributed by atoms with Crippen LogP contribution >= 0.6 is 0 Å². The van der Waals surface area contributed by atoms with Crippen molar-refractivity contribution in [1.82, 2.24) is 5.32 Å². The summed E-state index contributed by atoms with van der Waals surface area (Å²) in [6, 6.07) is 3.40. The SMILES string of the molecule is C[C@H](NC(=O)[C@@H]1CCC[C@H](C(=O)O)C1)c1ccco1. The van der Waals surface area contributed by atoms with E-state index >= 15 is 0 Å². The average Bonchev–Trinajstić information content (AvgIpc) is 2.92. The highest BCUT2D eigenvalue weighted by Gasteiger charge is 2.31. The number of carbonyl (C=O) groups excluding carboxylic acids is 1. The lowest BCUT2D eigenvalue weighted by atomic mass is 9.81. The van der Waals surface area contributed by atoms with Crippen molar-refractivity contribution in [2.45, 2.75) is 38.6 Å². The lowest BCUT2D eigenvalue weighted by molar-refractivity contribution is -0.144. The van der Waals surface area contributed by atoms with Gasteiger partial charge < -0.3 is 14.8 Å². The van der Waals surface area contributed by atoms with Crippen LogP contribution in [0.5, 0.6) is 0 Å². The second-order valence-electron chi connectivity index (χ2n) is 5.14. The summed E-state index contributed by atoms with van der Waals surface area (Å²) >= 11 is 0. The first-order chi connectivity index (χ1) is 9.08. The fourth-order valence-corrected chi connectivity index (χ4v) is 2.59. The van der Waals surface area contributed by atoms with Crippen LogP contribution in [0.3, 0.4) is 0 Å². The maximum atomic E-state index is 12.1. The summed E-state index contributed by atoms with van der Waals surface area (Å²) < 4.78 is 5.23. The molecule has 2 rings (SSSR count). The van der Waals surface area contributed by atoms with Gasteiger partial charge in [-0.2, -0.15) is 0 Å². The Morgan fingerprint density at radius 3 is 2.79 bits per heavy atom. The summed E-state index contributed by atoms with van der Waals surface area (Å²) in [6.07, 6.45) is 4.24. The van der Waals surface area contributed by atoms with Crippen LogP contribution in [-0.4, -0.2) is 17.0 Å². The number of carbonyl (C=O) groups is 2. The molecule has 19 heavy (non-hydrogen) atoms. The molecule has 0 aromatic carbocycles. The maximum absolute atomic E-state index is 12.1. The van der Waals surface area contributed by atoms with Gasteiger partial charge in [0.1, 0.15) is 5.76 Å². The van der Waals surface area contributed by atoms with Gasteiger partial charge in [0.25, 0.3) is 0 Å². The van der Waals surface area contributed by atoms with Crippen molar-refractivity contribution in [3.63, 3.8) is 0 Å². The quantitative estimate of drug-likeness (QED) is 0.875. The Bertz CT molecular complexity index is 440. The summed E-state index contributed by atoms with van der Waals surface area (Å²) in [5.41, 5.74) is 0. The summed E-state index contributed by atoms with van der Waals surface area (Å²) in [5, 5.41) is 11.9. The van der Waals surface area contributed by atoms with E-state index < -0.39 is 5.97 Å². The summed E-state index contributed by atoms with van der Waals surface area (Å²) in [4.78, 5) is 23.1. The number of aliphatic carboxylic acids is 1. The molecule has 1 amide bonds. The molecule has 1 aliphatic rings. The van der Waals surface area contributed by atoms with Crippen molar-refractivity contribution >= 4 is 11.9 Å². The van der Waals surface area contributed by atoms with Crippen LogP contribution in [0.1, 0.15) is 44.4 Å². The fraction of sp³-hybridized carbons (Fsp3) is 0.571. The molecule has 5 nitrogen and oxygen atoms in total. The number of amides is 1. The predicted octanol–water partition coefficient (Wildman–Crippen LogP) is 2.35. The molecule has 0 radical (unpaired) electrons. The normalized spacial score (nSPS) is 24.7. The summed E-state index contributed by atoms with van der Waals surface area (Å²) in [7, 11) is 0. The van der Waals surface area contributed by atoms with E-state index in [9.17, 15) is 9.59 Å². The van der Waals surface area contributed by atoms with Crippen LogP contribution in [0.25, 0.3) is 0 Å². The number of furan rings is 1. The number of rotatable bonds is 4. The molecule has 0 aliphatic heterocycles. The fourth-order valence-electron chi connectivity index (χ4n) is 2.59. The Hall–Kier alpha value is -1.78. The Kier molecular flexibility index (Phi) is 4.24. The molecule has 1 aliphatic carbocycles. The Balaban J connectivity index is 1.91. The van der Waals surface area contributed by atoms with E-state index in [0.29, 0.717) is 18.6 Å². The van der Waals surface area contributed by atoms with E-state index in [4.69, 9.17) is 9.52 Å². The largest absolute Gasteiger partial charge is 0.481 e. The Morgan fingerprint density at radius 2 is 2.16 bits per heavy atom. The average molecular weight is 265 g/mol. The van der Waals surface area contributed by atoms with Gasteiger partial charge in [-0.1, -0.05) is 6.42 Å². The first-order valence-electron chi connectivity index (χ1n) is 6.64. The third-order valence-corrected chi connectivity index (χ3v) is 3.72. The van der Waals surface area contributed by atoms with E-state index in [1.165, 1.54) is 0 Å². The molecular formula is C14H19NO4. The molecule has 1 aromatic heterocycles. The minimum Gasteiger partial charge on any atom is -0.481 e. The Morgan fingerprint density at radius 1 is 1.42 bits per heavy atom. The standard InChI is InChI=1S/C14H19NO4/c1-9(12-6-3-7-19-12)15-13(16)10-4-2-5-11(8-10)14(17)18/h3,6-7,9-11H,2,4-5,8H2,1H3,(H,15,16)(H,17,18)/t9-,10+,11-/m0/s1. The van der Waals surface area contributed by atoms with Gasteiger partial charge >= 0.3 is 5.97 Å². The van der Waals surface area contributed by atoms with Crippen LogP contribution in [0, 0.1) is 11.8 Å². The van der Waals surface area contributed by atoms with Crippen LogP contribution < -0.4 is 5.32 Å². The molecule has 1 aromatic rings. The van der Waals surface area contributed by atoms with Gasteiger partial charge in [0.05, 0.1) is 18.2 Å². The Labute approximate surface area is 112 Å². The molecule has 1 heterocycles. The third-order valence-electron chi connectivity index (χ3n) is 3.72. The highest BCUT2D eigenvalue weighted by molar-refractivity contribution is 5.80. The lowest BCUT2D eigenvalue weighted by Gasteiger charge is -2.26. The zero-order valence-electron chi connectivity index (χ0n) is 11.0. The van der Waals surface area contributed by atoms with E-state index in [1.54, 1.807) is 12.3 Å². The number of hydrogen-bond acceptors (Lipinski definition) is 3.